The maximum atomic E-state index is 12.9. The molecule has 26 heavy (non-hydrogen) atoms. The molecule has 134 valence electrons. The van der Waals surface area contributed by atoms with E-state index in [4.69, 9.17) is 4.52 Å². The van der Waals surface area contributed by atoms with Gasteiger partial charge in [0.1, 0.15) is 11.7 Å². The van der Waals surface area contributed by atoms with E-state index < -0.39 is 0 Å². The van der Waals surface area contributed by atoms with Crippen molar-refractivity contribution >= 4 is 5.91 Å². The molecule has 0 unspecified atom stereocenters. The van der Waals surface area contributed by atoms with Gasteiger partial charge in [0.15, 0.2) is 0 Å². The largest absolute Gasteiger partial charge is 0.337 e. The van der Waals surface area contributed by atoms with E-state index in [1.165, 1.54) is 0 Å². The second-order valence-corrected chi connectivity index (χ2v) is 6.84. The van der Waals surface area contributed by atoms with Crippen LogP contribution in [0.15, 0.2) is 40.9 Å². The molecule has 3 heterocycles. The van der Waals surface area contributed by atoms with Gasteiger partial charge in [-0.1, -0.05) is 49.3 Å². The number of hydrogen-bond acceptors (Lipinski definition) is 5. The van der Waals surface area contributed by atoms with Gasteiger partial charge >= 0.3 is 0 Å². The van der Waals surface area contributed by atoms with Crippen molar-refractivity contribution in [2.75, 3.05) is 6.54 Å². The lowest BCUT2D eigenvalue weighted by molar-refractivity contribution is 0.0704. The number of H-pyrrole nitrogens is 1. The lowest BCUT2D eigenvalue weighted by Gasteiger charge is -2.20. The zero-order valence-corrected chi connectivity index (χ0v) is 14.8. The van der Waals surface area contributed by atoms with Crippen molar-refractivity contribution in [2.45, 2.75) is 38.6 Å². The molecule has 2 aromatic heterocycles. The Hall–Kier alpha value is -2.96. The van der Waals surface area contributed by atoms with Crippen molar-refractivity contribution in [3.8, 4) is 11.4 Å². The van der Waals surface area contributed by atoms with Crippen LogP contribution in [0.1, 0.15) is 60.7 Å². The first-order chi connectivity index (χ1) is 12.6. The SMILES string of the molecule is CC(C)c1cc(C(=O)N2CCC[C@@H]2c2nc(-c3ccccc3)no2)n[nH]1. The number of amides is 1. The summed E-state index contributed by atoms with van der Waals surface area (Å²) in [5.74, 6) is 1.22. The Morgan fingerprint density at radius 3 is 2.85 bits per heavy atom. The number of carbonyl (C=O) groups is 1. The van der Waals surface area contributed by atoms with Gasteiger partial charge in [-0.05, 0) is 24.8 Å². The Morgan fingerprint density at radius 1 is 1.31 bits per heavy atom. The highest BCUT2D eigenvalue weighted by Gasteiger charge is 2.35. The molecule has 0 saturated carbocycles. The van der Waals surface area contributed by atoms with Gasteiger partial charge in [0.25, 0.3) is 5.91 Å². The van der Waals surface area contributed by atoms with Gasteiger partial charge in [0, 0.05) is 17.8 Å². The number of benzene rings is 1. The molecule has 7 nitrogen and oxygen atoms in total. The summed E-state index contributed by atoms with van der Waals surface area (Å²) in [6, 6.07) is 11.3. The zero-order valence-electron chi connectivity index (χ0n) is 14.8. The Bertz CT molecular complexity index is 900. The van der Waals surface area contributed by atoms with Crippen LogP contribution in [0.3, 0.4) is 0 Å². The molecule has 7 heteroatoms. The van der Waals surface area contributed by atoms with E-state index >= 15 is 0 Å². The summed E-state index contributed by atoms with van der Waals surface area (Å²) in [5.41, 5.74) is 2.28. The van der Waals surface area contributed by atoms with Crippen LogP contribution in [-0.4, -0.2) is 37.7 Å². The van der Waals surface area contributed by atoms with E-state index in [9.17, 15) is 4.79 Å². The summed E-state index contributed by atoms with van der Waals surface area (Å²) in [5, 5.41) is 11.2. The molecule has 1 aliphatic heterocycles. The number of rotatable bonds is 4. The standard InChI is InChI=1S/C19H21N5O2/c1-12(2)14-11-15(22-21-14)19(25)24-10-6-9-16(24)18-20-17(23-26-18)13-7-4-3-5-8-13/h3-5,7-8,11-12,16H,6,9-10H2,1-2H3,(H,21,22)/t16-/m1/s1. The third kappa shape index (κ3) is 3.00. The average molecular weight is 351 g/mol. The lowest BCUT2D eigenvalue weighted by Crippen LogP contribution is -2.31. The zero-order chi connectivity index (χ0) is 18.1. The van der Waals surface area contributed by atoms with Gasteiger partial charge in [-0.2, -0.15) is 10.1 Å². The van der Waals surface area contributed by atoms with E-state index in [1.54, 1.807) is 4.90 Å². The smallest absolute Gasteiger partial charge is 0.275 e. The predicted molar refractivity (Wildman–Crippen MR) is 95.4 cm³/mol. The molecule has 1 N–H and O–H groups in total. The third-order valence-corrected chi connectivity index (χ3v) is 4.71. The van der Waals surface area contributed by atoms with Gasteiger partial charge in [-0.3, -0.25) is 9.89 Å². The van der Waals surface area contributed by atoms with E-state index in [-0.39, 0.29) is 11.9 Å². The van der Waals surface area contributed by atoms with Crippen molar-refractivity contribution in [3.05, 3.63) is 53.7 Å². The lowest BCUT2D eigenvalue weighted by atomic mass is 10.1. The quantitative estimate of drug-likeness (QED) is 0.776. The van der Waals surface area contributed by atoms with Crippen LogP contribution in [0, 0.1) is 0 Å². The van der Waals surface area contributed by atoms with Crippen molar-refractivity contribution in [1.82, 2.24) is 25.2 Å². The molecule has 0 radical (unpaired) electrons. The minimum Gasteiger partial charge on any atom is -0.337 e. The van der Waals surface area contributed by atoms with E-state index in [0.29, 0.717) is 29.9 Å². The van der Waals surface area contributed by atoms with Gasteiger partial charge in [0.05, 0.1) is 0 Å². The fourth-order valence-electron chi connectivity index (χ4n) is 3.23. The van der Waals surface area contributed by atoms with Crippen LogP contribution >= 0.6 is 0 Å². The molecule has 4 rings (SSSR count). The number of nitrogens with one attached hydrogen (secondary N) is 1. The van der Waals surface area contributed by atoms with Gasteiger partial charge < -0.3 is 9.42 Å². The first-order valence-electron chi connectivity index (χ1n) is 8.89. The molecule has 1 aromatic carbocycles. The Labute approximate surface area is 151 Å². The summed E-state index contributed by atoms with van der Waals surface area (Å²) >= 11 is 0. The highest BCUT2D eigenvalue weighted by molar-refractivity contribution is 5.92. The summed E-state index contributed by atoms with van der Waals surface area (Å²) in [6.07, 6.45) is 1.71. The molecule has 0 spiro atoms. The minimum atomic E-state index is -0.202. The molecule has 1 aliphatic rings. The van der Waals surface area contributed by atoms with E-state index in [1.807, 2.05) is 36.4 Å². The van der Waals surface area contributed by atoms with Crippen LogP contribution in [0.5, 0.6) is 0 Å². The molecule has 0 aliphatic carbocycles. The van der Waals surface area contributed by atoms with Gasteiger partial charge in [-0.15, -0.1) is 0 Å². The molecule has 1 saturated heterocycles. The van der Waals surface area contributed by atoms with Gasteiger partial charge in [0.2, 0.25) is 11.7 Å². The number of nitrogens with zero attached hydrogens (tertiary/aromatic N) is 4. The number of carbonyl (C=O) groups excluding carboxylic acids is 1. The maximum absolute atomic E-state index is 12.9. The fourth-order valence-corrected chi connectivity index (χ4v) is 3.23. The third-order valence-electron chi connectivity index (χ3n) is 4.71. The van der Waals surface area contributed by atoms with Crippen molar-refractivity contribution in [2.24, 2.45) is 0 Å². The second-order valence-electron chi connectivity index (χ2n) is 6.84. The first kappa shape index (κ1) is 16.5. The average Bonchev–Trinajstić information content (AvgIpc) is 3.41. The Kier molecular flexibility index (Phi) is 4.28. The van der Waals surface area contributed by atoms with Crippen molar-refractivity contribution < 1.29 is 9.32 Å². The molecule has 0 bridgehead atoms. The molecular weight excluding hydrogens is 330 g/mol. The number of hydrogen-bond donors (Lipinski definition) is 1. The topological polar surface area (TPSA) is 87.9 Å². The second kappa shape index (κ2) is 6.74. The Balaban J connectivity index is 1.57. The highest BCUT2D eigenvalue weighted by Crippen LogP contribution is 2.33. The van der Waals surface area contributed by atoms with Crippen LogP contribution < -0.4 is 0 Å². The van der Waals surface area contributed by atoms with E-state index in [2.05, 4.69) is 34.2 Å². The van der Waals surface area contributed by atoms with Crippen LogP contribution in [0.25, 0.3) is 11.4 Å². The summed E-state index contributed by atoms with van der Waals surface area (Å²) in [6.45, 7) is 4.78. The minimum absolute atomic E-state index is 0.102. The molecule has 1 atom stereocenters. The Morgan fingerprint density at radius 2 is 2.12 bits per heavy atom. The normalized spacial score (nSPS) is 17.2. The summed E-state index contributed by atoms with van der Waals surface area (Å²) in [4.78, 5) is 19.2. The molecule has 1 amide bonds. The van der Waals surface area contributed by atoms with Gasteiger partial charge in [-0.25, -0.2) is 0 Å². The first-order valence-corrected chi connectivity index (χ1v) is 8.89. The number of aromatic amines is 1. The monoisotopic (exact) mass is 351 g/mol. The highest BCUT2D eigenvalue weighted by atomic mass is 16.5. The maximum Gasteiger partial charge on any atom is 0.275 e. The van der Waals surface area contributed by atoms with Crippen molar-refractivity contribution in [1.29, 1.82) is 0 Å². The fraction of sp³-hybridized carbons (Fsp3) is 0.368. The van der Waals surface area contributed by atoms with Crippen LogP contribution in [-0.2, 0) is 0 Å². The van der Waals surface area contributed by atoms with Crippen LogP contribution in [0.4, 0.5) is 0 Å². The summed E-state index contributed by atoms with van der Waals surface area (Å²) < 4.78 is 5.48. The molecular formula is C19H21N5O2. The number of aromatic nitrogens is 4. The molecule has 1 fully saturated rings. The number of likely N-dealkylation sites (tertiary alicyclic amines) is 1. The molecule has 3 aromatic rings. The summed E-state index contributed by atoms with van der Waals surface area (Å²) in [7, 11) is 0. The predicted octanol–water partition coefficient (Wildman–Crippen LogP) is 3.56. The van der Waals surface area contributed by atoms with Crippen molar-refractivity contribution in [3.63, 3.8) is 0 Å². The van der Waals surface area contributed by atoms with E-state index in [0.717, 1.165) is 24.1 Å². The van der Waals surface area contributed by atoms with Crippen LogP contribution in [0.2, 0.25) is 0 Å².